The number of hydrogen-bond acceptors (Lipinski definition) is 4. The smallest absolute Gasteiger partial charge is 0.309 e. The molecule has 1 N–H and O–H groups in total. The van der Waals surface area contributed by atoms with Gasteiger partial charge in [-0.25, -0.2) is 4.98 Å². The van der Waals surface area contributed by atoms with E-state index in [1.807, 2.05) is 38.1 Å². The van der Waals surface area contributed by atoms with Crippen molar-refractivity contribution in [2.45, 2.75) is 38.9 Å². The van der Waals surface area contributed by atoms with Gasteiger partial charge in [-0.3, -0.25) is 0 Å². The van der Waals surface area contributed by atoms with E-state index in [2.05, 4.69) is 77.8 Å². The lowest BCUT2D eigenvalue weighted by Gasteiger charge is -2.37. The number of rotatable bonds is 7. The molecule has 0 fully saturated rings. The normalized spacial score (nSPS) is 12.1. The van der Waals surface area contributed by atoms with Gasteiger partial charge in [-0.1, -0.05) is 78.3 Å². The Morgan fingerprint density at radius 1 is 0.694 bits per heavy atom. The predicted octanol–water partition coefficient (Wildman–Crippen LogP) is 6.37. The van der Waals surface area contributed by atoms with Gasteiger partial charge in [0.2, 0.25) is 5.89 Å². The number of aromatic nitrogens is 1. The SMILES string of the molecule is CC(C)(O)C(C)(C)OBc1ccc(-c2ccccc2-c2ccc(-c3nc4ccccc4o3)cc2)cc1. The Morgan fingerprint density at radius 2 is 1.22 bits per heavy atom. The van der Waals surface area contributed by atoms with Crippen LogP contribution in [0, 0.1) is 0 Å². The van der Waals surface area contributed by atoms with Crippen molar-refractivity contribution in [3.05, 3.63) is 97.1 Å². The van der Waals surface area contributed by atoms with E-state index in [1.165, 1.54) is 0 Å². The highest BCUT2D eigenvalue weighted by Crippen LogP contribution is 2.33. The average Bonchev–Trinajstić information content (AvgIpc) is 3.32. The second-order valence-corrected chi connectivity index (χ2v) is 10.2. The monoisotopic (exact) mass is 475 g/mol. The number of benzene rings is 4. The van der Waals surface area contributed by atoms with Crippen molar-refractivity contribution in [3.8, 4) is 33.7 Å². The van der Waals surface area contributed by atoms with Crippen LogP contribution in [-0.4, -0.2) is 28.8 Å². The fourth-order valence-corrected chi connectivity index (χ4v) is 4.00. The maximum Gasteiger partial charge on any atom is 0.309 e. The molecule has 36 heavy (non-hydrogen) atoms. The molecule has 0 amide bonds. The molecule has 5 rings (SSSR count). The van der Waals surface area contributed by atoms with Crippen molar-refractivity contribution in [2.24, 2.45) is 0 Å². The second kappa shape index (κ2) is 9.42. The largest absolute Gasteiger partial charge is 0.436 e. The van der Waals surface area contributed by atoms with Crippen LogP contribution in [0.5, 0.6) is 0 Å². The first-order chi connectivity index (χ1) is 17.2. The fraction of sp³-hybridized carbons (Fsp3) is 0.194. The minimum absolute atomic E-state index is 0.441. The number of hydrogen-bond donors (Lipinski definition) is 1. The molecule has 0 aliphatic heterocycles. The molecule has 0 bridgehead atoms. The van der Waals surface area contributed by atoms with Gasteiger partial charge in [0.15, 0.2) is 5.58 Å². The summed E-state index contributed by atoms with van der Waals surface area (Å²) in [5, 5.41) is 10.3. The molecule has 0 aliphatic carbocycles. The molecule has 0 unspecified atom stereocenters. The minimum Gasteiger partial charge on any atom is -0.436 e. The first kappa shape index (κ1) is 24.0. The van der Waals surface area contributed by atoms with Gasteiger partial charge < -0.3 is 14.2 Å². The molecule has 0 saturated carbocycles. The quantitative estimate of drug-likeness (QED) is 0.278. The van der Waals surface area contributed by atoms with Crippen LogP contribution in [0.3, 0.4) is 0 Å². The number of nitrogens with zero attached hydrogens (tertiary/aromatic N) is 1. The van der Waals surface area contributed by atoms with E-state index in [0.717, 1.165) is 44.4 Å². The molecule has 5 aromatic rings. The Morgan fingerprint density at radius 3 is 1.81 bits per heavy atom. The number of para-hydroxylation sites is 2. The van der Waals surface area contributed by atoms with Crippen LogP contribution in [0.25, 0.3) is 44.8 Å². The molecule has 0 spiro atoms. The third-order valence-electron chi connectivity index (χ3n) is 7.00. The van der Waals surface area contributed by atoms with E-state index < -0.39 is 11.2 Å². The lowest BCUT2D eigenvalue weighted by molar-refractivity contribution is -0.0893. The van der Waals surface area contributed by atoms with E-state index in [9.17, 15) is 5.11 Å². The summed E-state index contributed by atoms with van der Waals surface area (Å²) in [6.07, 6.45) is 0. The summed E-state index contributed by atoms with van der Waals surface area (Å²) in [6, 6.07) is 33.0. The molecule has 5 heteroatoms. The molecular formula is C31H30BNO3. The second-order valence-electron chi connectivity index (χ2n) is 10.2. The van der Waals surface area contributed by atoms with Gasteiger partial charge >= 0.3 is 7.48 Å². The third-order valence-corrected chi connectivity index (χ3v) is 7.00. The maximum atomic E-state index is 10.3. The van der Waals surface area contributed by atoms with Crippen LogP contribution in [0.4, 0.5) is 0 Å². The molecule has 0 aliphatic rings. The molecule has 4 aromatic carbocycles. The van der Waals surface area contributed by atoms with Gasteiger partial charge in [0.05, 0.1) is 11.2 Å². The van der Waals surface area contributed by atoms with Crippen molar-refractivity contribution in [2.75, 3.05) is 0 Å². The average molecular weight is 475 g/mol. The van der Waals surface area contributed by atoms with Crippen LogP contribution in [0.1, 0.15) is 27.7 Å². The Hall–Kier alpha value is -3.67. The van der Waals surface area contributed by atoms with E-state index in [-0.39, 0.29) is 0 Å². The highest BCUT2D eigenvalue weighted by atomic mass is 16.5. The van der Waals surface area contributed by atoms with Gasteiger partial charge in [0.25, 0.3) is 0 Å². The van der Waals surface area contributed by atoms with Crippen LogP contribution in [0.15, 0.2) is 101 Å². The third kappa shape index (κ3) is 4.85. The summed E-state index contributed by atoms with van der Waals surface area (Å²) in [5.41, 5.74) is 6.68. The van der Waals surface area contributed by atoms with Crippen molar-refractivity contribution >= 4 is 24.0 Å². The summed E-state index contributed by atoms with van der Waals surface area (Å²) >= 11 is 0. The van der Waals surface area contributed by atoms with Gasteiger partial charge in [-0.15, -0.1) is 0 Å². The zero-order valence-corrected chi connectivity index (χ0v) is 21.2. The Balaban J connectivity index is 1.37. The lowest BCUT2D eigenvalue weighted by Crippen LogP contribution is -2.49. The van der Waals surface area contributed by atoms with Gasteiger partial charge in [-0.2, -0.15) is 0 Å². The molecular weight excluding hydrogens is 445 g/mol. The van der Waals surface area contributed by atoms with Crippen LogP contribution in [-0.2, 0) is 4.65 Å². The summed E-state index contributed by atoms with van der Waals surface area (Å²) in [6.45, 7) is 7.36. The fourth-order valence-electron chi connectivity index (χ4n) is 4.00. The van der Waals surface area contributed by atoms with Gasteiger partial charge in [-0.05, 0) is 74.2 Å². The highest BCUT2D eigenvalue weighted by molar-refractivity contribution is 6.47. The van der Waals surface area contributed by atoms with Crippen LogP contribution < -0.4 is 5.46 Å². The van der Waals surface area contributed by atoms with Crippen molar-refractivity contribution < 1.29 is 14.2 Å². The standard InChI is InChI=1S/C31H30BNO3/c1-30(2,34)31(3,4)36-32-24-19-17-22(18-20-24)26-10-6-5-9-25(26)21-13-15-23(16-14-21)29-33-27-11-7-8-12-28(27)35-29/h5-20,32,34H,1-4H3. The first-order valence-electron chi connectivity index (χ1n) is 12.2. The van der Waals surface area contributed by atoms with Gasteiger partial charge in [0.1, 0.15) is 5.52 Å². The molecule has 4 nitrogen and oxygen atoms in total. The summed E-state index contributed by atoms with van der Waals surface area (Å²) < 4.78 is 12.0. The van der Waals surface area contributed by atoms with E-state index in [1.54, 1.807) is 13.8 Å². The molecule has 0 atom stereocenters. The van der Waals surface area contributed by atoms with E-state index in [4.69, 9.17) is 9.07 Å². The summed E-state index contributed by atoms with van der Waals surface area (Å²) in [5.74, 6) is 0.626. The predicted molar refractivity (Wildman–Crippen MR) is 149 cm³/mol. The summed E-state index contributed by atoms with van der Waals surface area (Å²) in [7, 11) is 0.441. The Labute approximate surface area is 212 Å². The molecule has 0 radical (unpaired) electrons. The molecule has 1 aromatic heterocycles. The summed E-state index contributed by atoms with van der Waals surface area (Å²) in [4.78, 5) is 4.61. The molecule has 180 valence electrons. The van der Waals surface area contributed by atoms with Crippen molar-refractivity contribution in [3.63, 3.8) is 0 Å². The van der Waals surface area contributed by atoms with Crippen LogP contribution in [0.2, 0.25) is 0 Å². The zero-order chi connectivity index (χ0) is 25.3. The first-order valence-corrected chi connectivity index (χ1v) is 12.2. The van der Waals surface area contributed by atoms with Crippen molar-refractivity contribution in [1.29, 1.82) is 0 Å². The zero-order valence-electron chi connectivity index (χ0n) is 21.2. The van der Waals surface area contributed by atoms with E-state index in [0.29, 0.717) is 13.4 Å². The maximum absolute atomic E-state index is 10.3. The lowest BCUT2D eigenvalue weighted by atomic mass is 9.82. The van der Waals surface area contributed by atoms with Gasteiger partial charge in [0, 0.05) is 5.56 Å². The topological polar surface area (TPSA) is 55.5 Å². The van der Waals surface area contributed by atoms with Crippen LogP contribution >= 0.6 is 0 Å². The van der Waals surface area contributed by atoms with Crippen molar-refractivity contribution in [1.82, 2.24) is 4.98 Å². The minimum atomic E-state index is -0.929. The number of aliphatic hydroxyl groups is 1. The Bertz CT molecular complexity index is 1450. The van der Waals surface area contributed by atoms with E-state index >= 15 is 0 Å². The number of fused-ring (bicyclic) bond motifs is 1. The molecule has 0 saturated heterocycles. The Kier molecular flexibility index (Phi) is 6.29. The highest BCUT2D eigenvalue weighted by Gasteiger charge is 2.35. The number of oxazole rings is 1. The molecule has 1 heterocycles.